The molecule has 0 aromatic rings. The molecule has 0 aromatic heterocycles. The van der Waals surface area contributed by atoms with Gasteiger partial charge in [0, 0.05) is 19.3 Å². The Morgan fingerprint density at radius 1 is 1.53 bits per heavy atom. The lowest BCUT2D eigenvalue weighted by Crippen LogP contribution is -2.44. The van der Waals surface area contributed by atoms with E-state index in [0.29, 0.717) is 18.6 Å². The van der Waals surface area contributed by atoms with Crippen LogP contribution in [-0.2, 0) is 4.74 Å². The molecule has 0 aromatic carbocycles. The van der Waals surface area contributed by atoms with Crippen molar-refractivity contribution in [2.24, 2.45) is 5.92 Å². The summed E-state index contributed by atoms with van der Waals surface area (Å²) in [6, 6.07) is 0.579. The SMILES string of the molecule is CC(CCO)CNC1CCOC(C)(C)C1. The predicted octanol–water partition coefficient (Wildman–Crippen LogP) is 1.55. The Morgan fingerprint density at radius 2 is 2.27 bits per heavy atom. The summed E-state index contributed by atoms with van der Waals surface area (Å²) in [4.78, 5) is 0. The van der Waals surface area contributed by atoms with Crippen molar-refractivity contribution < 1.29 is 9.84 Å². The molecule has 0 radical (unpaired) electrons. The highest BCUT2D eigenvalue weighted by Crippen LogP contribution is 2.23. The Bertz CT molecular complexity index is 182. The fraction of sp³-hybridized carbons (Fsp3) is 1.00. The van der Waals surface area contributed by atoms with E-state index in [9.17, 15) is 0 Å². The zero-order valence-corrected chi connectivity index (χ0v) is 10.3. The average molecular weight is 215 g/mol. The summed E-state index contributed by atoms with van der Waals surface area (Å²) in [5, 5.41) is 12.4. The van der Waals surface area contributed by atoms with Gasteiger partial charge in [0.1, 0.15) is 0 Å². The molecule has 15 heavy (non-hydrogen) atoms. The van der Waals surface area contributed by atoms with Crippen molar-refractivity contribution in [3.63, 3.8) is 0 Å². The molecule has 90 valence electrons. The van der Waals surface area contributed by atoms with Crippen molar-refractivity contribution in [1.29, 1.82) is 0 Å². The summed E-state index contributed by atoms with van der Waals surface area (Å²) >= 11 is 0. The topological polar surface area (TPSA) is 41.5 Å². The van der Waals surface area contributed by atoms with Crippen LogP contribution in [0.3, 0.4) is 0 Å². The molecule has 2 atom stereocenters. The van der Waals surface area contributed by atoms with Gasteiger partial charge in [-0.05, 0) is 45.6 Å². The summed E-state index contributed by atoms with van der Waals surface area (Å²) in [5.41, 5.74) is 0.0239. The van der Waals surface area contributed by atoms with Crippen LogP contribution in [0.5, 0.6) is 0 Å². The Kier molecular flexibility index (Phi) is 5.03. The maximum atomic E-state index is 8.81. The van der Waals surface area contributed by atoms with Crippen molar-refractivity contribution in [1.82, 2.24) is 5.32 Å². The average Bonchev–Trinajstić information content (AvgIpc) is 2.14. The Hall–Kier alpha value is -0.120. The first-order valence-electron chi connectivity index (χ1n) is 6.02. The molecule has 1 saturated heterocycles. The van der Waals surface area contributed by atoms with Crippen molar-refractivity contribution in [2.45, 2.75) is 51.7 Å². The molecule has 1 aliphatic rings. The van der Waals surface area contributed by atoms with Crippen LogP contribution >= 0.6 is 0 Å². The minimum absolute atomic E-state index is 0.0239. The van der Waals surface area contributed by atoms with Gasteiger partial charge in [0.05, 0.1) is 5.60 Å². The monoisotopic (exact) mass is 215 g/mol. The minimum Gasteiger partial charge on any atom is -0.396 e. The van der Waals surface area contributed by atoms with E-state index in [0.717, 1.165) is 32.4 Å². The molecule has 0 saturated carbocycles. The maximum Gasteiger partial charge on any atom is 0.0641 e. The third-order valence-electron chi connectivity index (χ3n) is 3.07. The van der Waals surface area contributed by atoms with Gasteiger partial charge in [-0.15, -0.1) is 0 Å². The maximum absolute atomic E-state index is 8.81. The van der Waals surface area contributed by atoms with E-state index >= 15 is 0 Å². The first kappa shape index (κ1) is 12.9. The highest BCUT2D eigenvalue weighted by atomic mass is 16.5. The second-order valence-corrected chi connectivity index (χ2v) is 5.32. The number of nitrogens with one attached hydrogen (secondary N) is 1. The summed E-state index contributed by atoms with van der Waals surface area (Å²) in [6.07, 6.45) is 3.08. The zero-order chi connectivity index (χ0) is 11.3. The van der Waals surface area contributed by atoms with Crippen LogP contribution < -0.4 is 5.32 Å². The van der Waals surface area contributed by atoms with Crippen LogP contribution in [0.25, 0.3) is 0 Å². The number of hydrogen-bond donors (Lipinski definition) is 2. The first-order valence-corrected chi connectivity index (χ1v) is 6.02. The van der Waals surface area contributed by atoms with E-state index < -0.39 is 0 Å². The Balaban J connectivity index is 2.21. The molecule has 2 unspecified atom stereocenters. The molecule has 0 bridgehead atoms. The van der Waals surface area contributed by atoms with Crippen LogP contribution in [-0.4, -0.2) is 36.5 Å². The number of hydrogen-bond acceptors (Lipinski definition) is 3. The van der Waals surface area contributed by atoms with Gasteiger partial charge in [0.25, 0.3) is 0 Å². The van der Waals surface area contributed by atoms with Crippen LogP contribution in [0.4, 0.5) is 0 Å². The highest BCUT2D eigenvalue weighted by molar-refractivity contribution is 4.83. The third-order valence-corrected chi connectivity index (χ3v) is 3.07. The highest BCUT2D eigenvalue weighted by Gasteiger charge is 2.28. The van der Waals surface area contributed by atoms with Gasteiger partial charge in [0.15, 0.2) is 0 Å². The molecule has 0 amide bonds. The van der Waals surface area contributed by atoms with Gasteiger partial charge in [-0.1, -0.05) is 6.92 Å². The summed E-state index contributed by atoms with van der Waals surface area (Å²) in [5.74, 6) is 0.556. The molecule has 3 nitrogen and oxygen atoms in total. The van der Waals surface area contributed by atoms with E-state index in [-0.39, 0.29) is 5.60 Å². The van der Waals surface area contributed by atoms with Crippen molar-refractivity contribution >= 4 is 0 Å². The largest absolute Gasteiger partial charge is 0.396 e. The third kappa shape index (κ3) is 4.96. The molecule has 0 spiro atoms. The second-order valence-electron chi connectivity index (χ2n) is 5.32. The van der Waals surface area contributed by atoms with E-state index in [1.807, 2.05) is 0 Å². The number of rotatable bonds is 5. The van der Waals surface area contributed by atoms with Crippen LogP contribution in [0.2, 0.25) is 0 Å². The minimum atomic E-state index is 0.0239. The molecule has 2 N–H and O–H groups in total. The molecule has 1 heterocycles. The fourth-order valence-electron chi connectivity index (χ4n) is 2.10. The van der Waals surface area contributed by atoms with Gasteiger partial charge in [-0.25, -0.2) is 0 Å². The van der Waals surface area contributed by atoms with Gasteiger partial charge in [-0.3, -0.25) is 0 Å². The molecule has 1 rings (SSSR count). The van der Waals surface area contributed by atoms with E-state index in [1.165, 1.54) is 0 Å². The van der Waals surface area contributed by atoms with Crippen molar-refractivity contribution in [2.75, 3.05) is 19.8 Å². The molecular formula is C12H25NO2. The van der Waals surface area contributed by atoms with E-state index in [1.54, 1.807) is 0 Å². The second kappa shape index (κ2) is 5.83. The zero-order valence-electron chi connectivity index (χ0n) is 10.3. The normalized spacial score (nSPS) is 27.6. The molecule has 0 aliphatic carbocycles. The molecule has 1 aliphatic heterocycles. The van der Waals surface area contributed by atoms with E-state index in [2.05, 4.69) is 26.1 Å². The van der Waals surface area contributed by atoms with Crippen LogP contribution in [0, 0.1) is 5.92 Å². The Labute approximate surface area is 93.2 Å². The Morgan fingerprint density at radius 3 is 2.87 bits per heavy atom. The molecule has 1 fully saturated rings. The number of aliphatic hydroxyl groups excluding tert-OH is 1. The molecular weight excluding hydrogens is 190 g/mol. The summed E-state index contributed by atoms with van der Waals surface area (Å²) < 4.78 is 5.67. The van der Waals surface area contributed by atoms with E-state index in [4.69, 9.17) is 9.84 Å². The van der Waals surface area contributed by atoms with Gasteiger partial charge >= 0.3 is 0 Å². The quantitative estimate of drug-likeness (QED) is 0.731. The predicted molar refractivity (Wildman–Crippen MR) is 61.9 cm³/mol. The smallest absolute Gasteiger partial charge is 0.0641 e. The van der Waals surface area contributed by atoms with Crippen molar-refractivity contribution in [3.05, 3.63) is 0 Å². The molecule has 3 heteroatoms. The van der Waals surface area contributed by atoms with Gasteiger partial charge < -0.3 is 15.2 Å². The lowest BCUT2D eigenvalue weighted by Gasteiger charge is -2.36. The van der Waals surface area contributed by atoms with Gasteiger partial charge in [-0.2, -0.15) is 0 Å². The summed E-state index contributed by atoms with van der Waals surface area (Å²) in [6.45, 7) is 8.63. The van der Waals surface area contributed by atoms with Crippen LogP contribution in [0.1, 0.15) is 40.0 Å². The standard InChI is InChI=1S/C12H25NO2/c1-10(4-6-14)9-13-11-5-7-15-12(2,3)8-11/h10-11,13-14H,4-9H2,1-3H3. The lowest BCUT2D eigenvalue weighted by atomic mass is 9.93. The van der Waals surface area contributed by atoms with Crippen LogP contribution in [0.15, 0.2) is 0 Å². The summed E-state index contributed by atoms with van der Waals surface area (Å²) in [7, 11) is 0. The number of aliphatic hydroxyl groups is 1. The van der Waals surface area contributed by atoms with Gasteiger partial charge in [0.2, 0.25) is 0 Å². The fourth-order valence-corrected chi connectivity index (χ4v) is 2.10. The van der Waals surface area contributed by atoms with Crippen molar-refractivity contribution in [3.8, 4) is 0 Å². The lowest BCUT2D eigenvalue weighted by molar-refractivity contribution is -0.0631. The first-order chi connectivity index (χ1) is 7.03. The number of ether oxygens (including phenoxy) is 1.